The lowest BCUT2D eigenvalue weighted by Gasteiger charge is -2.38. The fourth-order valence-electron chi connectivity index (χ4n) is 7.31. The van der Waals surface area contributed by atoms with Gasteiger partial charge < -0.3 is 72.3 Å². The van der Waals surface area contributed by atoms with Gasteiger partial charge in [-0.05, 0) is 51.6 Å². The summed E-state index contributed by atoms with van der Waals surface area (Å²) in [5.41, 5.74) is 24.3. The summed E-state index contributed by atoms with van der Waals surface area (Å²) < 4.78 is 19.6. The summed E-state index contributed by atoms with van der Waals surface area (Å²) in [5.74, 6) is 3.49. The lowest BCUT2D eigenvalue weighted by Crippen LogP contribution is -2.52. The molecule has 25 heteroatoms. The minimum atomic E-state index is -0.701. The van der Waals surface area contributed by atoms with Crippen LogP contribution in [0, 0.1) is 12.3 Å². The first-order valence-corrected chi connectivity index (χ1v) is 22.4. The van der Waals surface area contributed by atoms with Crippen molar-refractivity contribution in [1.82, 2.24) is 54.7 Å². The maximum Gasteiger partial charge on any atom is 0.247 e. The number of nitrogens with two attached hydrogens (primary N) is 4. The molecule has 0 bridgehead atoms. The fourth-order valence-corrected chi connectivity index (χ4v) is 7.31. The van der Waals surface area contributed by atoms with Gasteiger partial charge in [0, 0.05) is 58.9 Å². The zero-order valence-electron chi connectivity index (χ0n) is 37.3. The Hall–Kier alpha value is -5.17. The molecule has 2 fully saturated rings. The quantitative estimate of drug-likeness (QED) is 0.0273. The average Bonchev–Trinajstić information content (AvgIpc) is 4.04. The molecule has 0 unspecified atom stereocenters. The Morgan fingerprint density at radius 2 is 1.12 bits per heavy atom. The highest BCUT2D eigenvalue weighted by Crippen LogP contribution is 2.25. The molecule has 65 heavy (non-hydrogen) atoms. The van der Waals surface area contributed by atoms with Gasteiger partial charge in [-0.15, -0.1) is 16.6 Å². The second kappa shape index (κ2) is 27.3. The summed E-state index contributed by atoms with van der Waals surface area (Å²) in [6.07, 6.45) is 12.4. The number of carbonyl (C=O) groups excluding carboxylic acids is 2. The van der Waals surface area contributed by atoms with Gasteiger partial charge >= 0.3 is 0 Å². The smallest absolute Gasteiger partial charge is 0.247 e. The number of hydrogen-bond donors (Lipinski definition) is 7. The van der Waals surface area contributed by atoms with Crippen molar-refractivity contribution in [3.05, 3.63) is 23.8 Å². The number of piperazine rings is 2. The number of aromatic nitrogens is 9. The van der Waals surface area contributed by atoms with Gasteiger partial charge in [0.15, 0.2) is 0 Å². The highest BCUT2D eigenvalue weighted by Gasteiger charge is 2.33. The van der Waals surface area contributed by atoms with E-state index in [-0.39, 0.29) is 31.6 Å². The molecule has 3 aromatic rings. The molecule has 0 radical (unpaired) electrons. The third kappa shape index (κ3) is 15.2. The van der Waals surface area contributed by atoms with E-state index in [4.69, 9.17) is 58.5 Å². The number of aliphatic hydroxyl groups is 2. The highest BCUT2D eigenvalue weighted by molar-refractivity contribution is 5.81. The Bertz CT molecular complexity index is 1790. The molecule has 0 aliphatic carbocycles. The van der Waals surface area contributed by atoms with Crippen LogP contribution in [0.3, 0.4) is 0 Å². The van der Waals surface area contributed by atoms with Crippen molar-refractivity contribution in [3.63, 3.8) is 0 Å². The van der Waals surface area contributed by atoms with E-state index in [2.05, 4.69) is 31.9 Å². The number of unbranched alkanes of at least 4 members (excludes halogenated alkanes) is 2. The molecule has 0 saturated carbocycles. The molecule has 11 N–H and O–H groups in total. The van der Waals surface area contributed by atoms with Gasteiger partial charge in [0.05, 0.1) is 70.7 Å². The zero-order chi connectivity index (χ0) is 46.4. The van der Waals surface area contributed by atoms with Crippen molar-refractivity contribution in [3.8, 4) is 12.3 Å². The van der Waals surface area contributed by atoms with E-state index >= 15 is 0 Å². The van der Waals surface area contributed by atoms with E-state index in [1.807, 2.05) is 19.6 Å². The minimum Gasteiger partial charge on any atom is -0.394 e. The molecule has 2 saturated heterocycles. The molecule has 4 atom stereocenters. The van der Waals surface area contributed by atoms with E-state index in [0.29, 0.717) is 147 Å². The van der Waals surface area contributed by atoms with Crippen LogP contribution in [0.25, 0.3) is 0 Å². The van der Waals surface area contributed by atoms with Gasteiger partial charge in [-0.2, -0.15) is 15.0 Å². The SMILES string of the molecule is C#CCOCCOCCOCCNc1nc(N2CCN(C(=O)[C@H](CCCCN)n3cc([C@@H](N)CO)nn3)CC2)nc(N2CCN(C(=O)[C@H](CCCCN)n3cc([C@@H](N)CO)nn3)CC2)n1. The first-order valence-electron chi connectivity index (χ1n) is 22.4. The summed E-state index contributed by atoms with van der Waals surface area (Å²) in [4.78, 5) is 50.3. The van der Waals surface area contributed by atoms with Gasteiger partial charge in [0.1, 0.15) is 30.1 Å². The van der Waals surface area contributed by atoms with Crippen molar-refractivity contribution in [2.45, 2.75) is 62.7 Å². The summed E-state index contributed by atoms with van der Waals surface area (Å²) in [5, 5.41) is 39.0. The number of hydrogen-bond acceptors (Lipinski definition) is 21. The number of aliphatic hydroxyl groups excluding tert-OH is 2. The molecular weight excluding hydrogens is 845 g/mol. The van der Waals surface area contributed by atoms with Crippen LogP contribution >= 0.6 is 0 Å². The zero-order valence-corrected chi connectivity index (χ0v) is 37.3. The number of nitrogens with one attached hydrogen (secondary N) is 1. The predicted octanol–water partition coefficient (Wildman–Crippen LogP) is -2.83. The molecule has 0 spiro atoms. The van der Waals surface area contributed by atoms with Crippen LogP contribution in [-0.2, 0) is 23.8 Å². The maximum absolute atomic E-state index is 14.0. The Morgan fingerprint density at radius 1 is 0.677 bits per heavy atom. The first-order chi connectivity index (χ1) is 31.7. The number of nitrogens with zero attached hydrogens (tertiary/aromatic N) is 13. The van der Waals surface area contributed by atoms with Crippen LogP contribution in [0.1, 0.15) is 74.1 Å². The predicted molar refractivity (Wildman–Crippen MR) is 239 cm³/mol. The Morgan fingerprint density at radius 3 is 1.55 bits per heavy atom. The third-order valence-electron chi connectivity index (χ3n) is 11.1. The van der Waals surface area contributed by atoms with Crippen LogP contribution < -0.4 is 38.1 Å². The molecule has 0 aromatic carbocycles. The van der Waals surface area contributed by atoms with Gasteiger partial charge in [0.25, 0.3) is 0 Å². The number of amides is 2. The maximum atomic E-state index is 14.0. The van der Waals surface area contributed by atoms with Crippen LogP contribution in [0.2, 0.25) is 0 Å². The molecule has 2 aliphatic heterocycles. The van der Waals surface area contributed by atoms with E-state index < -0.39 is 24.2 Å². The second-order valence-corrected chi connectivity index (χ2v) is 15.7. The van der Waals surface area contributed by atoms with Crippen LogP contribution in [0.4, 0.5) is 17.8 Å². The Labute approximate surface area is 379 Å². The van der Waals surface area contributed by atoms with E-state index in [1.165, 1.54) is 9.36 Å². The highest BCUT2D eigenvalue weighted by atomic mass is 16.5. The van der Waals surface area contributed by atoms with Gasteiger partial charge in [-0.25, -0.2) is 9.36 Å². The largest absolute Gasteiger partial charge is 0.394 e. The minimum absolute atomic E-state index is 0.0935. The van der Waals surface area contributed by atoms with Crippen molar-refractivity contribution < 1.29 is 34.0 Å². The second-order valence-electron chi connectivity index (χ2n) is 15.7. The van der Waals surface area contributed by atoms with Crippen molar-refractivity contribution in [2.24, 2.45) is 22.9 Å². The monoisotopic (exact) mass is 913 g/mol. The molecule has 2 aliphatic rings. The first kappa shape index (κ1) is 50.8. The topological polar surface area (TPSA) is 331 Å². The Kier molecular flexibility index (Phi) is 21.4. The fraction of sp³-hybridized carbons (Fsp3) is 0.725. The van der Waals surface area contributed by atoms with Gasteiger partial charge in [-0.1, -0.05) is 16.3 Å². The Balaban J connectivity index is 1.25. The van der Waals surface area contributed by atoms with Crippen molar-refractivity contribution >= 4 is 29.7 Å². The standard InChI is InChI=1S/C40H68N18O7/c1-2-20-63-22-24-65-25-23-64-21-11-45-38-46-39(55-16-12-53(13-17-55)36(61)34(7-3-5-9-41)57-26-32(49-51-57)30(43)28-59)48-40(47-38)56-18-14-54(15-19-56)37(62)35(8-4-6-10-42)58-27-33(50-52-58)31(44)29-60/h1,26-27,30-31,34-35,59-60H,3-25,28-29,41-44H2,(H,45,46,47,48)/t30-,31-,34-,35-/m0/s1. The van der Waals surface area contributed by atoms with Gasteiger partial charge in [-0.3, -0.25) is 9.59 Å². The lowest BCUT2D eigenvalue weighted by molar-refractivity contribution is -0.136. The van der Waals surface area contributed by atoms with E-state index in [0.717, 1.165) is 25.7 Å². The molecular formula is C40H68N18O7. The van der Waals surface area contributed by atoms with E-state index in [1.54, 1.807) is 12.4 Å². The molecule has 360 valence electrons. The summed E-state index contributed by atoms with van der Waals surface area (Å²) in [6, 6.07) is -2.61. The summed E-state index contributed by atoms with van der Waals surface area (Å²) >= 11 is 0. The number of anilines is 3. The van der Waals surface area contributed by atoms with Crippen LogP contribution in [0.5, 0.6) is 0 Å². The van der Waals surface area contributed by atoms with Crippen LogP contribution in [-0.4, -0.2) is 202 Å². The molecule has 3 aromatic heterocycles. The lowest BCUT2D eigenvalue weighted by atomic mass is 10.1. The van der Waals surface area contributed by atoms with Crippen molar-refractivity contribution in [2.75, 3.05) is 140 Å². The molecule has 2 amide bonds. The average molecular weight is 913 g/mol. The molecule has 5 rings (SSSR count). The summed E-state index contributed by atoms with van der Waals surface area (Å²) in [6.45, 7) is 6.54. The normalized spacial score (nSPS) is 16.3. The molecule has 5 heterocycles. The van der Waals surface area contributed by atoms with Crippen molar-refractivity contribution in [1.29, 1.82) is 0 Å². The number of ether oxygens (including phenoxy) is 3. The number of terminal acetylenes is 1. The number of carbonyl (C=O) groups is 2. The third-order valence-corrected chi connectivity index (χ3v) is 11.1. The van der Waals surface area contributed by atoms with Gasteiger partial charge in [0.2, 0.25) is 29.7 Å². The molecule has 25 nitrogen and oxygen atoms in total. The van der Waals surface area contributed by atoms with E-state index in [9.17, 15) is 19.8 Å². The van der Waals surface area contributed by atoms with Crippen LogP contribution in [0.15, 0.2) is 12.4 Å². The summed E-state index contributed by atoms with van der Waals surface area (Å²) in [7, 11) is 0. The number of rotatable bonds is 29.